The molecule has 140 valence electrons. The highest BCUT2D eigenvalue weighted by molar-refractivity contribution is 6.30. The number of nitrogens with one attached hydrogen (secondary N) is 1. The lowest BCUT2D eigenvalue weighted by Crippen LogP contribution is -2.49. The fraction of sp³-hybridized carbons (Fsp3) is 0.579. The van der Waals surface area contributed by atoms with Crippen molar-refractivity contribution in [1.29, 1.82) is 0 Å². The van der Waals surface area contributed by atoms with E-state index in [2.05, 4.69) is 5.32 Å². The smallest absolute Gasteiger partial charge is 0.408 e. The molecule has 0 aliphatic heterocycles. The van der Waals surface area contributed by atoms with Crippen LogP contribution in [0.5, 0.6) is 0 Å². The number of benzene rings is 1. The monoisotopic (exact) mass is 369 g/mol. The molecule has 0 heterocycles. The number of amides is 1. The van der Waals surface area contributed by atoms with E-state index in [1.165, 1.54) is 0 Å². The van der Waals surface area contributed by atoms with Gasteiger partial charge < -0.3 is 14.8 Å². The van der Waals surface area contributed by atoms with Gasteiger partial charge in [-0.3, -0.25) is 4.79 Å². The lowest BCUT2D eigenvalue weighted by atomic mass is 9.92. The highest BCUT2D eigenvalue weighted by Gasteiger charge is 2.34. The number of ether oxygens (including phenoxy) is 2. The Balaban J connectivity index is 3.05. The summed E-state index contributed by atoms with van der Waals surface area (Å²) in [6, 6.07) is 7.05. The van der Waals surface area contributed by atoms with Crippen molar-refractivity contribution in [2.24, 2.45) is 5.41 Å². The topological polar surface area (TPSA) is 64.6 Å². The van der Waals surface area contributed by atoms with Crippen LogP contribution in [0, 0.1) is 5.41 Å². The number of alkyl carbamates (subject to hydrolysis) is 1. The second-order valence-electron chi connectivity index (χ2n) is 8.30. The molecule has 0 fully saturated rings. The Morgan fingerprint density at radius 3 is 2.16 bits per heavy atom. The van der Waals surface area contributed by atoms with Gasteiger partial charge >= 0.3 is 12.1 Å². The molecule has 6 heteroatoms. The normalized spacial score (nSPS) is 14.4. The van der Waals surface area contributed by atoms with Crippen LogP contribution in [0.1, 0.15) is 54.0 Å². The minimum absolute atomic E-state index is 0.0390. The van der Waals surface area contributed by atoms with Crippen molar-refractivity contribution < 1.29 is 19.1 Å². The van der Waals surface area contributed by atoms with Gasteiger partial charge in [0, 0.05) is 5.02 Å². The van der Waals surface area contributed by atoms with E-state index in [0.717, 1.165) is 0 Å². The van der Waals surface area contributed by atoms with Crippen molar-refractivity contribution in [3.05, 3.63) is 34.9 Å². The Labute approximate surface area is 155 Å². The van der Waals surface area contributed by atoms with E-state index in [4.69, 9.17) is 21.1 Å². The standard InChI is InChI=1S/C19H28ClNO4/c1-17(2,3)15(22)24-12-19(7,13-9-8-10-14(20)11-13)21-16(23)25-18(4,5)6/h8-11H,12H2,1-7H3,(H,21,23). The molecule has 0 aliphatic carbocycles. The van der Waals surface area contributed by atoms with Gasteiger partial charge in [0.15, 0.2) is 0 Å². The molecule has 1 N–H and O–H groups in total. The summed E-state index contributed by atoms with van der Waals surface area (Å²) in [5, 5.41) is 3.33. The van der Waals surface area contributed by atoms with Crippen LogP contribution >= 0.6 is 11.6 Å². The molecule has 5 nitrogen and oxygen atoms in total. The molecule has 1 unspecified atom stereocenters. The minimum atomic E-state index is -0.978. The van der Waals surface area contributed by atoms with Gasteiger partial charge in [0.1, 0.15) is 12.2 Å². The summed E-state index contributed by atoms with van der Waals surface area (Å²) < 4.78 is 10.8. The third kappa shape index (κ3) is 6.94. The first-order valence-electron chi connectivity index (χ1n) is 8.17. The molecule has 0 saturated carbocycles. The van der Waals surface area contributed by atoms with E-state index in [9.17, 15) is 9.59 Å². The van der Waals surface area contributed by atoms with Crippen LogP contribution in [0.3, 0.4) is 0 Å². The molecule has 0 bridgehead atoms. The maximum atomic E-state index is 12.3. The van der Waals surface area contributed by atoms with Gasteiger partial charge in [0.05, 0.1) is 11.0 Å². The van der Waals surface area contributed by atoms with Gasteiger partial charge in [0.25, 0.3) is 0 Å². The zero-order chi connectivity index (χ0) is 19.5. The average molecular weight is 370 g/mol. The second kappa shape index (κ2) is 7.65. The maximum Gasteiger partial charge on any atom is 0.408 e. The number of rotatable bonds is 4. The summed E-state index contributed by atoms with van der Waals surface area (Å²) in [4.78, 5) is 24.4. The van der Waals surface area contributed by atoms with Crippen LogP contribution in [0.25, 0.3) is 0 Å². The van der Waals surface area contributed by atoms with Crippen molar-refractivity contribution in [2.45, 2.75) is 59.6 Å². The highest BCUT2D eigenvalue weighted by atomic mass is 35.5. The van der Waals surface area contributed by atoms with Crippen molar-refractivity contribution in [2.75, 3.05) is 6.61 Å². The number of hydrogen-bond acceptors (Lipinski definition) is 4. The maximum absolute atomic E-state index is 12.3. The Morgan fingerprint density at radius 2 is 1.68 bits per heavy atom. The minimum Gasteiger partial charge on any atom is -0.462 e. The molecular formula is C19H28ClNO4. The van der Waals surface area contributed by atoms with E-state index in [0.29, 0.717) is 10.6 Å². The lowest BCUT2D eigenvalue weighted by molar-refractivity contribution is -0.155. The Bertz CT molecular complexity index is 631. The summed E-state index contributed by atoms with van der Waals surface area (Å²) >= 11 is 6.08. The number of carbonyl (C=O) groups excluding carboxylic acids is 2. The van der Waals surface area contributed by atoms with Crippen LogP contribution < -0.4 is 5.32 Å². The van der Waals surface area contributed by atoms with Gasteiger partial charge in [0.2, 0.25) is 0 Å². The number of hydrogen-bond donors (Lipinski definition) is 1. The number of esters is 1. The molecule has 1 rings (SSSR count). The van der Waals surface area contributed by atoms with Gasteiger partial charge in [-0.1, -0.05) is 23.7 Å². The van der Waals surface area contributed by atoms with Crippen molar-refractivity contribution in [3.8, 4) is 0 Å². The molecular weight excluding hydrogens is 342 g/mol. The Kier molecular flexibility index (Phi) is 6.51. The first kappa shape index (κ1) is 21.3. The SMILES string of the molecule is CC(C)(C)OC(=O)NC(C)(COC(=O)C(C)(C)C)c1cccc(Cl)c1. The van der Waals surface area contributed by atoms with Crippen molar-refractivity contribution >= 4 is 23.7 Å². The van der Waals surface area contributed by atoms with Crippen LogP contribution in [0.4, 0.5) is 4.79 Å². The fourth-order valence-electron chi connectivity index (χ4n) is 1.98. The summed E-state index contributed by atoms with van der Waals surface area (Å²) in [5.74, 6) is -0.355. The summed E-state index contributed by atoms with van der Waals surface area (Å²) in [6.45, 7) is 12.4. The molecule has 0 aliphatic rings. The Morgan fingerprint density at radius 1 is 1.08 bits per heavy atom. The average Bonchev–Trinajstić information content (AvgIpc) is 2.41. The molecule has 0 spiro atoms. The third-order valence-corrected chi connectivity index (χ3v) is 3.58. The van der Waals surface area contributed by atoms with Crippen LogP contribution in [0.15, 0.2) is 24.3 Å². The quantitative estimate of drug-likeness (QED) is 0.783. The molecule has 1 aromatic rings. The predicted octanol–water partition coefficient (Wildman–Crippen LogP) is 4.67. The first-order valence-corrected chi connectivity index (χ1v) is 8.55. The number of carbonyl (C=O) groups is 2. The van der Waals surface area contributed by atoms with E-state index in [-0.39, 0.29) is 12.6 Å². The summed E-state index contributed by atoms with van der Waals surface area (Å²) in [6.07, 6.45) is -0.596. The van der Waals surface area contributed by atoms with Crippen molar-refractivity contribution in [3.63, 3.8) is 0 Å². The summed E-state index contributed by atoms with van der Waals surface area (Å²) in [5.41, 5.74) is -1.54. The van der Waals surface area contributed by atoms with E-state index < -0.39 is 22.6 Å². The third-order valence-electron chi connectivity index (χ3n) is 3.34. The highest BCUT2D eigenvalue weighted by Crippen LogP contribution is 2.26. The van der Waals surface area contributed by atoms with Crippen LogP contribution in [0.2, 0.25) is 5.02 Å². The van der Waals surface area contributed by atoms with Crippen LogP contribution in [-0.4, -0.2) is 24.3 Å². The lowest BCUT2D eigenvalue weighted by Gasteiger charge is -2.33. The molecule has 0 radical (unpaired) electrons. The molecule has 25 heavy (non-hydrogen) atoms. The van der Waals surface area contributed by atoms with E-state index in [1.807, 2.05) is 6.07 Å². The largest absolute Gasteiger partial charge is 0.462 e. The predicted molar refractivity (Wildman–Crippen MR) is 98.6 cm³/mol. The molecule has 0 saturated heterocycles. The zero-order valence-corrected chi connectivity index (χ0v) is 16.8. The van der Waals surface area contributed by atoms with Gasteiger partial charge in [-0.2, -0.15) is 0 Å². The molecule has 1 amide bonds. The number of halogens is 1. The summed E-state index contributed by atoms with van der Waals surface area (Å²) in [7, 11) is 0. The zero-order valence-electron chi connectivity index (χ0n) is 16.0. The van der Waals surface area contributed by atoms with Crippen LogP contribution in [-0.2, 0) is 19.8 Å². The first-order chi connectivity index (χ1) is 11.2. The van der Waals surface area contributed by atoms with Crippen molar-refractivity contribution in [1.82, 2.24) is 5.32 Å². The fourth-order valence-corrected chi connectivity index (χ4v) is 2.17. The molecule has 0 aromatic heterocycles. The van der Waals surface area contributed by atoms with E-state index >= 15 is 0 Å². The molecule has 1 aromatic carbocycles. The second-order valence-corrected chi connectivity index (χ2v) is 8.73. The van der Waals surface area contributed by atoms with Gasteiger partial charge in [-0.25, -0.2) is 4.79 Å². The van der Waals surface area contributed by atoms with Gasteiger partial charge in [-0.05, 0) is 66.2 Å². The molecule has 1 atom stereocenters. The van der Waals surface area contributed by atoms with Gasteiger partial charge in [-0.15, -0.1) is 0 Å². The van der Waals surface area contributed by atoms with E-state index in [1.54, 1.807) is 66.7 Å². The Hall–Kier alpha value is -1.75.